The second kappa shape index (κ2) is 7.90. The molecule has 6 heteroatoms. The summed E-state index contributed by atoms with van der Waals surface area (Å²) >= 11 is 1.33. The largest absolute Gasteiger partial charge is 0.480 e. The maximum Gasteiger partial charge on any atom is 0.328 e. The van der Waals surface area contributed by atoms with Gasteiger partial charge in [0.25, 0.3) is 5.91 Å². The maximum atomic E-state index is 12.8. The van der Waals surface area contributed by atoms with E-state index in [1.165, 1.54) is 18.3 Å². The quantitative estimate of drug-likeness (QED) is 0.609. The smallest absolute Gasteiger partial charge is 0.328 e. The second-order valence-electron chi connectivity index (χ2n) is 6.60. The molecule has 0 aliphatic heterocycles. The molecule has 1 amide bonds. The number of amides is 1. The van der Waals surface area contributed by atoms with E-state index >= 15 is 0 Å². The van der Waals surface area contributed by atoms with E-state index in [0.717, 1.165) is 26.8 Å². The summed E-state index contributed by atoms with van der Waals surface area (Å²) in [4.78, 5) is 24.6. The van der Waals surface area contributed by atoms with Gasteiger partial charge in [-0.25, -0.2) is 4.79 Å². The third-order valence-corrected chi connectivity index (χ3v) is 5.65. The van der Waals surface area contributed by atoms with Crippen molar-refractivity contribution in [1.82, 2.24) is 5.32 Å². The molecule has 2 unspecified atom stereocenters. The van der Waals surface area contributed by atoms with Gasteiger partial charge in [0, 0.05) is 4.70 Å². The number of aryl methyl sites for hydroxylation is 1. The summed E-state index contributed by atoms with van der Waals surface area (Å²) in [7, 11) is 0. The predicted octanol–water partition coefficient (Wildman–Crippen LogP) is 3.36. The first-order chi connectivity index (χ1) is 12.9. The number of carboxylic acid groups (broad SMARTS) is 1. The van der Waals surface area contributed by atoms with Crippen molar-refractivity contribution in [2.75, 3.05) is 0 Å². The van der Waals surface area contributed by atoms with Gasteiger partial charge in [0.1, 0.15) is 0 Å². The molecular weight excluding hydrogens is 362 g/mol. The third kappa shape index (κ3) is 4.18. The van der Waals surface area contributed by atoms with Gasteiger partial charge in [0.2, 0.25) is 0 Å². The first-order valence-corrected chi connectivity index (χ1v) is 9.46. The van der Waals surface area contributed by atoms with Crippen molar-refractivity contribution in [3.05, 3.63) is 70.1 Å². The van der Waals surface area contributed by atoms with Crippen molar-refractivity contribution < 1.29 is 19.8 Å². The van der Waals surface area contributed by atoms with E-state index in [1.807, 2.05) is 55.5 Å². The molecule has 0 spiro atoms. The number of hydrogen-bond donors (Lipinski definition) is 3. The van der Waals surface area contributed by atoms with Gasteiger partial charge in [-0.2, -0.15) is 0 Å². The molecule has 0 bridgehead atoms. The van der Waals surface area contributed by atoms with Gasteiger partial charge in [-0.15, -0.1) is 11.3 Å². The molecule has 1 aromatic heterocycles. The Bertz CT molecular complexity index is 976. The van der Waals surface area contributed by atoms with Gasteiger partial charge < -0.3 is 15.5 Å². The number of rotatable bonds is 6. The highest BCUT2D eigenvalue weighted by molar-refractivity contribution is 7.21. The van der Waals surface area contributed by atoms with Crippen LogP contribution in [-0.2, 0) is 11.2 Å². The van der Waals surface area contributed by atoms with Crippen LogP contribution in [0.15, 0.2) is 48.5 Å². The van der Waals surface area contributed by atoms with E-state index < -0.39 is 24.0 Å². The molecule has 2 atom stereocenters. The Morgan fingerprint density at radius 3 is 2.41 bits per heavy atom. The molecule has 27 heavy (non-hydrogen) atoms. The number of benzene rings is 2. The molecule has 140 valence electrons. The summed E-state index contributed by atoms with van der Waals surface area (Å²) in [6, 6.07) is 14.5. The van der Waals surface area contributed by atoms with Crippen molar-refractivity contribution in [2.24, 2.45) is 0 Å². The molecule has 3 rings (SSSR count). The lowest BCUT2D eigenvalue weighted by Crippen LogP contribution is -2.47. The molecule has 3 N–H and O–H groups in total. The van der Waals surface area contributed by atoms with Crippen LogP contribution in [0.5, 0.6) is 0 Å². The molecule has 2 aromatic carbocycles. The molecule has 0 saturated heterocycles. The number of carbonyl (C=O) groups excluding carboxylic acids is 1. The van der Waals surface area contributed by atoms with E-state index in [4.69, 9.17) is 0 Å². The van der Waals surface area contributed by atoms with Gasteiger partial charge in [0.05, 0.1) is 11.0 Å². The average molecular weight is 383 g/mol. The van der Waals surface area contributed by atoms with E-state index in [0.29, 0.717) is 11.3 Å². The summed E-state index contributed by atoms with van der Waals surface area (Å²) < 4.78 is 0.966. The lowest BCUT2D eigenvalue weighted by Gasteiger charge is -2.17. The van der Waals surface area contributed by atoms with E-state index in [-0.39, 0.29) is 0 Å². The average Bonchev–Trinajstić information content (AvgIpc) is 2.99. The number of thiophene rings is 1. The number of aliphatic carboxylic acids is 1. The van der Waals surface area contributed by atoms with Crippen molar-refractivity contribution in [2.45, 2.75) is 32.4 Å². The lowest BCUT2D eigenvalue weighted by atomic mass is 10.0. The number of fused-ring (bicyclic) bond motifs is 1. The van der Waals surface area contributed by atoms with Crippen LogP contribution in [0.2, 0.25) is 0 Å². The highest BCUT2D eigenvalue weighted by Gasteiger charge is 2.27. The van der Waals surface area contributed by atoms with Gasteiger partial charge >= 0.3 is 5.97 Å². The van der Waals surface area contributed by atoms with Crippen molar-refractivity contribution >= 4 is 33.3 Å². The van der Waals surface area contributed by atoms with Gasteiger partial charge in [-0.3, -0.25) is 4.79 Å². The highest BCUT2D eigenvalue weighted by Crippen LogP contribution is 2.33. The molecular formula is C21H21NO4S. The maximum absolute atomic E-state index is 12.8. The van der Waals surface area contributed by atoms with Gasteiger partial charge in [0.15, 0.2) is 6.04 Å². The summed E-state index contributed by atoms with van der Waals surface area (Å²) in [5.41, 5.74) is 3.10. The van der Waals surface area contributed by atoms with Crippen LogP contribution in [-0.4, -0.2) is 34.2 Å². The standard InChI is InChI=1S/C21H21NO4S/c1-12-7-9-14(10-8-12)11-16-15-5-3-4-6-17(15)27-19(16)20(24)22-18(13(2)23)21(25)26/h3-10,13,18,23H,11H2,1-2H3,(H,22,24)(H,25,26). The monoisotopic (exact) mass is 383 g/mol. The number of aliphatic hydroxyl groups is 1. The van der Waals surface area contributed by atoms with Crippen LogP contribution in [0.4, 0.5) is 0 Å². The van der Waals surface area contributed by atoms with Crippen LogP contribution in [0, 0.1) is 6.92 Å². The molecule has 0 aliphatic carbocycles. The molecule has 0 fully saturated rings. The fourth-order valence-electron chi connectivity index (χ4n) is 2.96. The van der Waals surface area contributed by atoms with E-state index in [9.17, 15) is 19.8 Å². The molecule has 0 radical (unpaired) electrons. The molecule has 5 nitrogen and oxygen atoms in total. The zero-order valence-electron chi connectivity index (χ0n) is 15.1. The second-order valence-corrected chi connectivity index (χ2v) is 7.65. The molecule has 1 heterocycles. The Kier molecular flexibility index (Phi) is 5.58. The van der Waals surface area contributed by atoms with Gasteiger partial charge in [-0.05, 0) is 42.8 Å². The van der Waals surface area contributed by atoms with E-state index in [1.54, 1.807) is 0 Å². The molecule has 0 aliphatic rings. The Hall–Kier alpha value is -2.70. The predicted molar refractivity (Wildman–Crippen MR) is 106 cm³/mol. The fraction of sp³-hybridized carbons (Fsp3) is 0.238. The first-order valence-electron chi connectivity index (χ1n) is 8.64. The Balaban J connectivity index is 2.00. The molecule has 3 aromatic rings. The summed E-state index contributed by atoms with van der Waals surface area (Å²) in [5, 5.41) is 22.3. The summed E-state index contributed by atoms with van der Waals surface area (Å²) in [6.45, 7) is 3.36. The highest BCUT2D eigenvalue weighted by atomic mass is 32.1. The van der Waals surface area contributed by atoms with E-state index in [2.05, 4.69) is 5.32 Å². The van der Waals surface area contributed by atoms with Crippen LogP contribution in [0.1, 0.15) is 33.3 Å². The number of carboxylic acids is 1. The normalized spacial score (nSPS) is 13.3. The first kappa shape index (κ1) is 19.1. The minimum Gasteiger partial charge on any atom is -0.480 e. The third-order valence-electron chi connectivity index (χ3n) is 4.44. The zero-order chi connectivity index (χ0) is 19.6. The molecule has 0 saturated carbocycles. The van der Waals surface area contributed by atoms with Crippen molar-refractivity contribution in [3.63, 3.8) is 0 Å². The lowest BCUT2D eigenvalue weighted by molar-refractivity contribution is -0.141. The van der Waals surface area contributed by atoms with Crippen LogP contribution < -0.4 is 5.32 Å². The van der Waals surface area contributed by atoms with Gasteiger partial charge in [-0.1, -0.05) is 48.0 Å². The number of nitrogens with one attached hydrogen (secondary N) is 1. The number of aliphatic hydroxyl groups excluding tert-OH is 1. The van der Waals surface area contributed by atoms with Crippen LogP contribution in [0.25, 0.3) is 10.1 Å². The summed E-state index contributed by atoms with van der Waals surface area (Å²) in [5.74, 6) is -1.74. The van der Waals surface area contributed by atoms with Crippen LogP contribution in [0.3, 0.4) is 0 Å². The Labute approximate surface area is 161 Å². The fourth-order valence-corrected chi connectivity index (χ4v) is 4.09. The van der Waals surface area contributed by atoms with Crippen molar-refractivity contribution in [1.29, 1.82) is 0 Å². The van der Waals surface area contributed by atoms with Crippen LogP contribution >= 0.6 is 11.3 Å². The zero-order valence-corrected chi connectivity index (χ0v) is 15.9. The number of hydrogen-bond acceptors (Lipinski definition) is 4. The minimum atomic E-state index is -1.35. The topological polar surface area (TPSA) is 86.6 Å². The summed E-state index contributed by atoms with van der Waals surface area (Å²) in [6.07, 6.45) is -0.624. The Morgan fingerprint density at radius 1 is 1.11 bits per heavy atom. The Morgan fingerprint density at radius 2 is 1.78 bits per heavy atom. The number of carbonyl (C=O) groups is 2. The minimum absolute atomic E-state index is 0.476. The SMILES string of the molecule is Cc1ccc(Cc2c(C(=O)NC(C(=O)O)C(C)O)sc3ccccc23)cc1. The van der Waals surface area contributed by atoms with Crippen molar-refractivity contribution in [3.8, 4) is 0 Å².